The lowest BCUT2D eigenvalue weighted by Gasteiger charge is -2.32. The summed E-state index contributed by atoms with van der Waals surface area (Å²) in [4.78, 5) is 6.79. The number of aliphatic hydroxyl groups is 1. The molecule has 2 aromatic rings. The summed E-state index contributed by atoms with van der Waals surface area (Å²) in [5, 5.41) is 15.2. The number of nitrogens with zero attached hydrogens (tertiary/aromatic N) is 4. The summed E-state index contributed by atoms with van der Waals surface area (Å²) in [5.41, 5.74) is 1.62. The van der Waals surface area contributed by atoms with E-state index in [9.17, 15) is 5.11 Å². The van der Waals surface area contributed by atoms with Gasteiger partial charge in [-0.15, -0.1) is 0 Å². The second-order valence-corrected chi connectivity index (χ2v) is 25.8. The van der Waals surface area contributed by atoms with E-state index >= 15 is 0 Å². The Kier molecular flexibility index (Phi) is 9.56. The molecule has 11 heteroatoms. The van der Waals surface area contributed by atoms with Crippen LogP contribution in [0.4, 0.5) is 5.82 Å². The maximum Gasteiger partial charge on any atom is 0.163 e. The van der Waals surface area contributed by atoms with E-state index in [1.807, 2.05) is 18.4 Å². The summed E-state index contributed by atoms with van der Waals surface area (Å²) >= 11 is 0. The standard InChI is InChI=1S/C29H52N4O5Si2/c1-10-29(18-34)17-22(25-26(29)38-28(2,3)37-25)23-11-12-24-27(30-19-31-33(23)24)32(20-35-13-15-39(4,5)6)21-36-14-16-40(7,8)9/h11-12,19,22,25-26,34H,10,13-18,20-21H2,1-9H3/t22-,25-,26-,29-/m0/s1. The van der Waals surface area contributed by atoms with Gasteiger partial charge in [-0.3, -0.25) is 0 Å². The molecule has 0 radical (unpaired) electrons. The molecule has 4 rings (SSSR count). The highest BCUT2D eigenvalue weighted by atomic mass is 28.3. The number of ether oxygens (including phenoxy) is 4. The molecule has 4 atom stereocenters. The maximum atomic E-state index is 10.5. The van der Waals surface area contributed by atoms with Crippen molar-refractivity contribution in [1.82, 2.24) is 14.6 Å². The quantitative estimate of drug-likeness (QED) is 0.173. The van der Waals surface area contributed by atoms with Crippen LogP contribution < -0.4 is 4.90 Å². The minimum Gasteiger partial charge on any atom is -0.396 e. The maximum absolute atomic E-state index is 10.5. The van der Waals surface area contributed by atoms with Gasteiger partial charge in [0.2, 0.25) is 0 Å². The third-order valence-corrected chi connectivity index (χ3v) is 11.8. The van der Waals surface area contributed by atoms with Crippen LogP contribution in [0.25, 0.3) is 5.52 Å². The van der Waals surface area contributed by atoms with Gasteiger partial charge in [-0.2, -0.15) is 5.10 Å². The number of rotatable bonds is 14. The molecule has 40 heavy (non-hydrogen) atoms. The van der Waals surface area contributed by atoms with Crippen LogP contribution in [-0.4, -0.2) is 87.1 Å². The van der Waals surface area contributed by atoms with Crippen molar-refractivity contribution in [3.63, 3.8) is 0 Å². The summed E-state index contributed by atoms with van der Waals surface area (Å²) in [6.45, 7) is 22.6. The van der Waals surface area contributed by atoms with Gasteiger partial charge >= 0.3 is 0 Å². The zero-order chi connectivity index (χ0) is 29.3. The second kappa shape index (κ2) is 12.1. The summed E-state index contributed by atoms with van der Waals surface area (Å²) < 4.78 is 27.1. The third-order valence-electron chi connectivity index (χ3n) is 8.40. The van der Waals surface area contributed by atoms with Crippen molar-refractivity contribution in [3.8, 4) is 0 Å². The predicted molar refractivity (Wildman–Crippen MR) is 164 cm³/mol. The van der Waals surface area contributed by atoms with Crippen molar-refractivity contribution >= 4 is 27.5 Å². The summed E-state index contributed by atoms with van der Waals surface area (Å²) in [5.74, 6) is 0.150. The molecule has 9 nitrogen and oxygen atoms in total. The van der Waals surface area contributed by atoms with Crippen LogP contribution in [0.2, 0.25) is 51.4 Å². The van der Waals surface area contributed by atoms with Crippen molar-refractivity contribution in [2.75, 3.05) is 38.2 Å². The first-order valence-electron chi connectivity index (χ1n) is 14.9. The smallest absolute Gasteiger partial charge is 0.163 e. The predicted octanol–water partition coefficient (Wildman–Crippen LogP) is 5.56. The SMILES string of the molecule is CC[C@@]1(CO)C[C@@H](c2ccc3c(N(COCC[Si](C)(C)C)COCC[Si](C)(C)C)ncnn23)[C@@H]2OC(C)(C)O[C@@H]21. The largest absolute Gasteiger partial charge is 0.396 e. The average molecular weight is 593 g/mol. The Hall–Kier alpha value is -1.35. The monoisotopic (exact) mass is 592 g/mol. The van der Waals surface area contributed by atoms with Gasteiger partial charge in [-0.05, 0) is 50.9 Å². The molecule has 2 fully saturated rings. The summed E-state index contributed by atoms with van der Waals surface area (Å²) in [6.07, 6.45) is 2.90. The van der Waals surface area contributed by atoms with E-state index in [0.29, 0.717) is 13.5 Å². The first-order chi connectivity index (χ1) is 18.7. The van der Waals surface area contributed by atoms with Crippen molar-refractivity contribution in [2.24, 2.45) is 5.41 Å². The van der Waals surface area contributed by atoms with Gasteiger partial charge < -0.3 is 29.0 Å². The van der Waals surface area contributed by atoms with Crippen LogP contribution in [0.3, 0.4) is 0 Å². The van der Waals surface area contributed by atoms with Gasteiger partial charge in [0.05, 0.1) is 18.8 Å². The second-order valence-electron chi connectivity index (χ2n) is 14.6. The number of aliphatic hydroxyl groups excluding tert-OH is 1. The number of hydrogen-bond acceptors (Lipinski definition) is 8. The first-order valence-corrected chi connectivity index (χ1v) is 22.3. The van der Waals surface area contributed by atoms with Crippen LogP contribution in [0.1, 0.15) is 45.2 Å². The number of anilines is 1. The zero-order valence-electron chi connectivity index (χ0n) is 26.2. The van der Waals surface area contributed by atoms with Gasteiger partial charge in [0.15, 0.2) is 11.6 Å². The van der Waals surface area contributed by atoms with Crippen molar-refractivity contribution in [3.05, 3.63) is 24.2 Å². The molecule has 0 bridgehead atoms. The fourth-order valence-corrected chi connectivity index (χ4v) is 7.36. The third kappa shape index (κ3) is 7.16. The number of hydrogen-bond donors (Lipinski definition) is 1. The molecule has 0 aromatic carbocycles. The summed E-state index contributed by atoms with van der Waals surface area (Å²) in [7, 11) is -2.39. The molecular formula is C29H52N4O5Si2. The molecule has 226 valence electrons. The first kappa shape index (κ1) is 31.6. The van der Waals surface area contributed by atoms with E-state index in [2.05, 4.69) is 68.3 Å². The zero-order valence-corrected chi connectivity index (χ0v) is 28.2. The van der Waals surface area contributed by atoms with E-state index in [0.717, 1.165) is 55.2 Å². The Bertz CT molecular complexity index is 1100. The van der Waals surface area contributed by atoms with Crippen LogP contribution in [0.5, 0.6) is 0 Å². The lowest BCUT2D eigenvalue weighted by atomic mass is 9.81. The molecule has 1 aliphatic carbocycles. The molecule has 3 heterocycles. The Labute approximate surface area is 242 Å². The fourth-order valence-electron chi connectivity index (χ4n) is 5.84. The lowest BCUT2D eigenvalue weighted by molar-refractivity contribution is -0.170. The molecule has 1 saturated heterocycles. The highest BCUT2D eigenvalue weighted by molar-refractivity contribution is 6.76. The highest BCUT2D eigenvalue weighted by Gasteiger charge is 2.61. The molecule has 2 aromatic heterocycles. The Morgan fingerprint density at radius 2 is 1.65 bits per heavy atom. The van der Waals surface area contributed by atoms with E-state index in [-0.39, 0.29) is 30.1 Å². The van der Waals surface area contributed by atoms with Crippen LogP contribution >= 0.6 is 0 Å². The van der Waals surface area contributed by atoms with Gasteiger partial charge in [-0.1, -0.05) is 46.2 Å². The number of aromatic nitrogens is 3. The minimum atomic E-state index is -1.20. The number of fused-ring (bicyclic) bond motifs is 2. The summed E-state index contributed by atoms with van der Waals surface area (Å²) in [6, 6.07) is 6.43. The molecule has 1 aliphatic heterocycles. The minimum absolute atomic E-state index is 0.0403. The van der Waals surface area contributed by atoms with Crippen molar-refractivity contribution in [2.45, 2.75) is 109 Å². The molecule has 2 aliphatic rings. The van der Waals surface area contributed by atoms with Crippen molar-refractivity contribution in [1.29, 1.82) is 0 Å². The molecule has 0 spiro atoms. The van der Waals surface area contributed by atoms with E-state index in [1.165, 1.54) is 0 Å². The fraction of sp³-hybridized carbons (Fsp3) is 0.793. The molecular weight excluding hydrogens is 541 g/mol. The molecule has 1 N–H and O–H groups in total. The molecule has 0 amide bonds. The van der Waals surface area contributed by atoms with Crippen LogP contribution in [-0.2, 0) is 18.9 Å². The van der Waals surface area contributed by atoms with Crippen molar-refractivity contribution < 1.29 is 24.1 Å². The molecule has 0 unspecified atom stereocenters. The topological polar surface area (TPSA) is 90.6 Å². The lowest BCUT2D eigenvalue weighted by Crippen LogP contribution is -2.38. The molecule has 1 saturated carbocycles. The Morgan fingerprint density at radius 3 is 2.20 bits per heavy atom. The van der Waals surface area contributed by atoms with E-state index in [1.54, 1.807) is 6.33 Å². The highest BCUT2D eigenvalue weighted by Crippen LogP contribution is 2.56. The van der Waals surface area contributed by atoms with E-state index < -0.39 is 21.9 Å². The van der Waals surface area contributed by atoms with Gasteiger partial charge in [0.1, 0.15) is 25.3 Å². The van der Waals surface area contributed by atoms with E-state index in [4.69, 9.17) is 23.9 Å². The average Bonchev–Trinajstić information content (AvgIpc) is 3.51. The van der Waals surface area contributed by atoms with Gasteiger partial charge in [-0.25, -0.2) is 9.50 Å². The Balaban J connectivity index is 1.60. The normalized spacial score (nSPS) is 26.5. The Morgan fingerprint density at radius 1 is 1.02 bits per heavy atom. The van der Waals surface area contributed by atoms with Crippen LogP contribution in [0, 0.1) is 5.41 Å². The van der Waals surface area contributed by atoms with Gasteiger partial charge in [0.25, 0.3) is 0 Å². The van der Waals surface area contributed by atoms with Crippen LogP contribution in [0.15, 0.2) is 18.5 Å². The van der Waals surface area contributed by atoms with Gasteiger partial charge in [0, 0.05) is 46.4 Å².